The van der Waals surface area contributed by atoms with Gasteiger partial charge in [0.1, 0.15) is 5.75 Å². The van der Waals surface area contributed by atoms with Crippen molar-refractivity contribution in [1.29, 1.82) is 0 Å². The van der Waals surface area contributed by atoms with Gasteiger partial charge >= 0.3 is 0 Å². The van der Waals surface area contributed by atoms with Crippen LogP contribution in [-0.2, 0) is 9.59 Å². The van der Waals surface area contributed by atoms with Gasteiger partial charge in [-0.3, -0.25) is 9.59 Å². The van der Waals surface area contributed by atoms with Crippen molar-refractivity contribution in [2.45, 2.75) is 32.2 Å². The van der Waals surface area contributed by atoms with Crippen LogP contribution in [0.2, 0.25) is 0 Å². The molecule has 1 aromatic rings. The number of hydrogen-bond acceptors (Lipinski definition) is 4. The van der Waals surface area contributed by atoms with E-state index in [9.17, 15) is 9.59 Å². The van der Waals surface area contributed by atoms with Gasteiger partial charge in [-0.25, -0.2) is 0 Å². The Labute approximate surface area is 166 Å². The van der Waals surface area contributed by atoms with Crippen molar-refractivity contribution in [3.05, 3.63) is 23.8 Å². The van der Waals surface area contributed by atoms with Crippen LogP contribution in [0.4, 0.5) is 5.69 Å². The van der Waals surface area contributed by atoms with E-state index in [2.05, 4.69) is 0 Å². The average molecular weight is 394 g/mol. The van der Waals surface area contributed by atoms with E-state index in [1.54, 1.807) is 12.0 Å². The summed E-state index contributed by atoms with van der Waals surface area (Å²) in [4.78, 5) is 29.3. The fourth-order valence-electron chi connectivity index (χ4n) is 4.86. The first kappa shape index (κ1) is 20.0. The van der Waals surface area contributed by atoms with Crippen LogP contribution in [0.1, 0.15) is 24.8 Å². The Morgan fingerprint density at radius 2 is 2.00 bits per heavy atom. The first-order valence-electron chi connectivity index (χ1n) is 9.47. The van der Waals surface area contributed by atoms with Crippen LogP contribution in [0.15, 0.2) is 18.2 Å². The van der Waals surface area contributed by atoms with Gasteiger partial charge in [-0.15, -0.1) is 12.4 Å². The highest BCUT2D eigenvalue weighted by Crippen LogP contribution is 2.39. The van der Waals surface area contributed by atoms with Crippen molar-refractivity contribution in [2.75, 3.05) is 31.6 Å². The number of methoxy groups -OCH3 is 1. The highest BCUT2D eigenvalue weighted by Gasteiger charge is 2.45. The van der Waals surface area contributed by atoms with Crippen LogP contribution >= 0.6 is 12.4 Å². The number of fused-ring (bicyclic) bond motifs is 1. The molecule has 3 fully saturated rings. The smallest absolute Gasteiger partial charge is 0.228 e. The predicted molar refractivity (Wildman–Crippen MR) is 106 cm³/mol. The van der Waals surface area contributed by atoms with Gasteiger partial charge in [0.15, 0.2) is 0 Å². The standard InChI is InChI=1S/C20H27N3O3.ClH/c1-12-3-6-18(26-2)17(7-12)23-10-14(8-19(23)24)20(25)22-9-13-4-5-16(21)15(13)11-22;/h3,6-7,13-16H,4-5,8-11,21H2,1-2H3;1H. The third-order valence-corrected chi connectivity index (χ3v) is 6.32. The largest absolute Gasteiger partial charge is 0.495 e. The second kappa shape index (κ2) is 7.68. The lowest BCUT2D eigenvalue weighted by molar-refractivity contribution is -0.135. The summed E-state index contributed by atoms with van der Waals surface area (Å²) in [6, 6.07) is 5.99. The minimum Gasteiger partial charge on any atom is -0.495 e. The number of anilines is 1. The molecule has 2 amide bonds. The van der Waals surface area contributed by atoms with Crippen molar-refractivity contribution in [3.8, 4) is 5.75 Å². The van der Waals surface area contributed by atoms with E-state index in [1.807, 2.05) is 30.0 Å². The van der Waals surface area contributed by atoms with Gasteiger partial charge in [0.05, 0.1) is 18.7 Å². The zero-order chi connectivity index (χ0) is 18.4. The number of rotatable bonds is 3. The number of carbonyl (C=O) groups excluding carboxylic acids is 2. The van der Waals surface area contributed by atoms with Crippen LogP contribution < -0.4 is 15.4 Å². The second-order valence-electron chi connectivity index (χ2n) is 7.99. The number of aryl methyl sites for hydroxylation is 1. The first-order chi connectivity index (χ1) is 12.5. The molecule has 0 spiro atoms. The molecule has 1 aliphatic carbocycles. The normalized spacial score (nSPS) is 29.7. The van der Waals surface area contributed by atoms with Crippen LogP contribution in [0.3, 0.4) is 0 Å². The summed E-state index contributed by atoms with van der Waals surface area (Å²) in [5.41, 5.74) is 8.01. The summed E-state index contributed by atoms with van der Waals surface area (Å²) in [7, 11) is 1.60. The number of likely N-dealkylation sites (tertiary alicyclic amines) is 1. The number of nitrogens with two attached hydrogens (primary N) is 1. The molecule has 27 heavy (non-hydrogen) atoms. The molecule has 4 unspecified atom stereocenters. The molecule has 1 saturated carbocycles. The van der Waals surface area contributed by atoms with Gasteiger partial charge in [0, 0.05) is 32.1 Å². The van der Waals surface area contributed by atoms with Gasteiger partial charge in [0.2, 0.25) is 11.8 Å². The van der Waals surface area contributed by atoms with Crippen LogP contribution in [0.5, 0.6) is 5.75 Å². The molecule has 0 aromatic heterocycles. The molecule has 0 radical (unpaired) electrons. The van der Waals surface area contributed by atoms with E-state index in [-0.39, 0.29) is 42.6 Å². The number of ether oxygens (including phenoxy) is 1. The summed E-state index contributed by atoms with van der Waals surface area (Å²) in [6.45, 7) is 3.96. The maximum atomic E-state index is 13.0. The van der Waals surface area contributed by atoms with Crippen molar-refractivity contribution in [1.82, 2.24) is 4.90 Å². The minimum atomic E-state index is -0.275. The Kier molecular flexibility index (Phi) is 5.68. The average Bonchev–Trinajstić information content (AvgIpc) is 3.30. The lowest BCUT2D eigenvalue weighted by atomic mass is 9.98. The highest BCUT2D eigenvalue weighted by atomic mass is 35.5. The Balaban J connectivity index is 0.00000210. The summed E-state index contributed by atoms with van der Waals surface area (Å²) < 4.78 is 5.42. The van der Waals surface area contributed by atoms with E-state index in [1.165, 1.54) is 0 Å². The molecule has 2 saturated heterocycles. The zero-order valence-corrected chi connectivity index (χ0v) is 16.7. The topological polar surface area (TPSA) is 75.9 Å². The molecule has 7 heteroatoms. The third kappa shape index (κ3) is 3.52. The molecule has 2 N–H and O–H groups in total. The molecule has 4 atom stereocenters. The Bertz CT molecular complexity index is 741. The van der Waals surface area contributed by atoms with Crippen LogP contribution in [-0.4, -0.2) is 49.5 Å². The molecule has 4 rings (SSSR count). The van der Waals surface area contributed by atoms with Gasteiger partial charge in [0.25, 0.3) is 0 Å². The molecule has 3 aliphatic rings. The molecule has 2 aliphatic heterocycles. The maximum Gasteiger partial charge on any atom is 0.228 e. The quantitative estimate of drug-likeness (QED) is 0.851. The van der Waals surface area contributed by atoms with Crippen LogP contribution in [0, 0.1) is 24.7 Å². The highest BCUT2D eigenvalue weighted by molar-refractivity contribution is 6.01. The van der Waals surface area contributed by atoms with Crippen molar-refractivity contribution < 1.29 is 14.3 Å². The zero-order valence-electron chi connectivity index (χ0n) is 15.9. The molecule has 148 valence electrons. The maximum absolute atomic E-state index is 13.0. The Hall–Kier alpha value is -1.79. The number of hydrogen-bond donors (Lipinski definition) is 1. The third-order valence-electron chi connectivity index (χ3n) is 6.32. The number of halogens is 1. The van der Waals surface area contributed by atoms with E-state index >= 15 is 0 Å². The van der Waals surface area contributed by atoms with E-state index in [0.717, 1.165) is 37.2 Å². The SMILES string of the molecule is COc1ccc(C)cc1N1CC(C(=O)N2CC3CCC(N)C3C2)CC1=O.Cl. The Morgan fingerprint density at radius 1 is 1.22 bits per heavy atom. The van der Waals surface area contributed by atoms with Gasteiger partial charge < -0.3 is 20.3 Å². The molecule has 6 nitrogen and oxygen atoms in total. The van der Waals surface area contributed by atoms with Crippen molar-refractivity contribution >= 4 is 29.9 Å². The minimum absolute atomic E-state index is 0. The lowest BCUT2D eigenvalue weighted by Crippen LogP contribution is -2.38. The van der Waals surface area contributed by atoms with Gasteiger partial charge in [-0.1, -0.05) is 6.07 Å². The second-order valence-corrected chi connectivity index (χ2v) is 7.99. The number of nitrogens with zero attached hydrogens (tertiary/aromatic N) is 2. The summed E-state index contributed by atoms with van der Waals surface area (Å²) in [6.07, 6.45) is 2.46. The summed E-state index contributed by atoms with van der Waals surface area (Å²) >= 11 is 0. The molecular formula is C20H28ClN3O3. The van der Waals surface area contributed by atoms with Gasteiger partial charge in [-0.05, 0) is 49.3 Å². The number of carbonyl (C=O) groups is 2. The van der Waals surface area contributed by atoms with E-state index in [4.69, 9.17) is 10.5 Å². The predicted octanol–water partition coefficient (Wildman–Crippen LogP) is 1.97. The fourth-order valence-corrected chi connectivity index (χ4v) is 4.86. The van der Waals surface area contributed by atoms with E-state index < -0.39 is 0 Å². The van der Waals surface area contributed by atoms with E-state index in [0.29, 0.717) is 24.1 Å². The Morgan fingerprint density at radius 3 is 2.70 bits per heavy atom. The van der Waals surface area contributed by atoms with Crippen molar-refractivity contribution in [2.24, 2.45) is 23.5 Å². The molecule has 1 aromatic carbocycles. The molecule has 2 heterocycles. The summed E-state index contributed by atoms with van der Waals surface area (Å²) in [5, 5.41) is 0. The number of amides is 2. The lowest BCUT2D eigenvalue weighted by Gasteiger charge is -2.23. The molecular weight excluding hydrogens is 366 g/mol. The van der Waals surface area contributed by atoms with Gasteiger partial charge in [-0.2, -0.15) is 0 Å². The first-order valence-corrected chi connectivity index (χ1v) is 9.47. The number of benzene rings is 1. The summed E-state index contributed by atoms with van der Waals surface area (Å²) in [5.74, 6) is 1.46. The fraction of sp³-hybridized carbons (Fsp3) is 0.600. The molecule has 0 bridgehead atoms. The van der Waals surface area contributed by atoms with Crippen molar-refractivity contribution in [3.63, 3.8) is 0 Å². The monoisotopic (exact) mass is 393 g/mol. The van der Waals surface area contributed by atoms with Crippen LogP contribution in [0.25, 0.3) is 0 Å².